The van der Waals surface area contributed by atoms with Crippen LogP contribution in [0.25, 0.3) is 0 Å². The predicted octanol–water partition coefficient (Wildman–Crippen LogP) is 3.63. The zero-order valence-electron chi connectivity index (χ0n) is 16.5. The zero-order chi connectivity index (χ0) is 20.9. The molecule has 0 saturated carbocycles. The summed E-state index contributed by atoms with van der Waals surface area (Å²) in [5.41, 5.74) is 1.92. The van der Waals surface area contributed by atoms with Crippen LogP contribution in [0.2, 0.25) is 0 Å². The molecule has 30 heavy (non-hydrogen) atoms. The lowest BCUT2D eigenvalue weighted by atomic mass is 9.97. The number of methoxy groups -OCH3 is 1. The summed E-state index contributed by atoms with van der Waals surface area (Å²) in [5, 5.41) is 2.87. The number of fused-ring (bicyclic) bond motifs is 1. The zero-order valence-corrected chi connectivity index (χ0v) is 16.5. The average molecular weight is 403 g/mol. The smallest absolute Gasteiger partial charge is 0.252 e. The van der Waals surface area contributed by atoms with E-state index < -0.39 is 0 Å². The van der Waals surface area contributed by atoms with Gasteiger partial charge in [-0.2, -0.15) is 0 Å². The van der Waals surface area contributed by atoms with E-state index in [1.165, 1.54) is 0 Å². The Bertz CT molecular complexity index is 1090. The Labute approximate surface area is 174 Å². The molecule has 0 spiro atoms. The summed E-state index contributed by atoms with van der Waals surface area (Å²) in [4.78, 5) is 26.0. The monoisotopic (exact) mass is 403 g/mol. The van der Waals surface area contributed by atoms with E-state index in [2.05, 4.69) is 5.32 Å². The summed E-state index contributed by atoms with van der Waals surface area (Å²) in [6.45, 7) is 1.21. The van der Waals surface area contributed by atoms with Crippen molar-refractivity contribution >= 4 is 11.7 Å². The number of amides is 1. The minimum atomic E-state index is -0.331. The van der Waals surface area contributed by atoms with Gasteiger partial charge in [-0.05, 0) is 30.3 Å². The molecule has 152 valence electrons. The van der Waals surface area contributed by atoms with Gasteiger partial charge < -0.3 is 19.5 Å². The van der Waals surface area contributed by atoms with Gasteiger partial charge in [-0.3, -0.25) is 9.59 Å². The predicted molar refractivity (Wildman–Crippen MR) is 111 cm³/mol. The number of hydrogen-bond donors (Lipinski definition) is 1. The molecule has 0 saturated heterocycles. The van der Waals surface area contributed by atoms with Gasteiger partial charge in [0.05, 0.1) is 12.7 Å². The number of hydrogen-bond acceptors (Lipinski definition) is 5. The first-order valence-electron chi connectivity index (χ1n) is 9.61. The molecule has 0 bridgehead atoms. The minimum Gasteiger partial charge on any atom is -0.496 e. The normalized spacial score (nSPS) is 12.2. The lowest BCUT2D eigenvalue weighted by Crippen LogP contribution is -2.25. The molecule has 1 aliphatic heterocycles. The van der Waals surface area contributed by atoms with Crippen molar-refractivity contribution in [3.8, 4) is 17.2 Å². The van der Waals surface area contributed by atoms with Crippen molar-refractivity contribution in [2.75, 3.05) is 20.3 Å². The summed E-state index contributed by atoms with van der Waals surface area (Å²) < 4.78 is 16.4. The number of carbonyl (C=O) groups excluding carboxylic acids is 2. The molecule has 0 radical (unpaired) electrons. The molecule has 1 aliphatic rings. The molecule has 1 amide bonds. The number of benzene rings is 3. The Kier molecular flexibility index (Phi) is 5.66. The van der Waals surface area contributed by atoms with Crippen LogP contribution in [0.4, 0.5) is 0 Å². The topological polar surface area (TPSA) is 73.9 Å². The molecule has 0 aliphatic carbocycles. The van der Waals surface area contributed by atoms with E-state index in [9.17, 15) is 9.59 Å². The molecular formula is C24H21NO5. The van der Waals surface area contributed by atoms with Gasteiger partial charge in [0.15, 0.2) is 17.3 Å². The first-order chi connectivity index (χ1) is 14.7. The molecule has 6 heteroatoms. The molecule has 3 aromatic rings. The van der Waals surface area contributed by atoms with Crippen molar-refractivity contribution < 1.29 is 23.8 Å². The van der Waals surface area contributed by atoms with Gasteiger partial charge in [-0.1, -0.05) is 36.4 Å². The van der Waals surface area contributed by atoms with Crippen LogP contribution in [0.5, 0.6) is 17.2 Å². The van der Waals surface area contributed by atoms with Crippen molar-refractivity contribution in [3.05, 3.63) is 89.0 Å². The van der Waals surface area contributed by atoms with Gasteiger partial charge >= 0.3 is 0 Å². The van der Waals surface area contributed by atoms with Crippen molar-refractivity contribution in [3.63, 3.8) is 0 Å². The Hall–Kier alpha value is -3.80. The molecule has 1 N–H and O–H groups in total. The van der Waals surface area contributed by atoms with Crippen LogP contribution in [0.15, 0.2) is 66.7 Å². The second kappa shape index (κ2) is 8.69. The van der Waals surface area contributed by atoms with E-state index in [4.69, 9.17) is 14.2 Å². The van der Waals surface area contributed by atoms with E-state index in [1.807, 2.05) is 24.3 Å². The molecule has 0 unspecified atom stereocenters. The van der Waals surface area contributed by atoms with E-state index in [0.29, 0.717) is 47.2 Å². The fourth-order valence-corrected chi connectivity index (χ4v) is 3.34. The number of para-hydroxylation sites is 1. The SMILES string of the molecule is COc1ccccc1CNC(=O)c1ccccc1C(=O)c1ccc2c(c1)OCCO2. The van der Waals surface area contributed by atoms with Crippen LogP contribution >= 0.6 is 0 Å². The second-order valence-electron chi connectivity index (χ2n) is 6.73. The van der Waals surface area contributed by atoms with Crippen molar-refractivity contribution in [1.82, 2.24) is 5.32 Å². The third-order valence-electron chi connectivity index (χ3n) is 4.85. The van der Waals surface area contributed by atoms with E-state index in [1.54, 1.807) is 49.6 Å². The minimum absolute atomic E-state index is 0.255. The Morgan fingerprint density at radius 3 is 2.40 bits per heavy atom. The second-order valence-corrected chi connectivity index (χ2v) is 6.73. The molecule has 3 aromatic carbocycles. The van der Waals surface area contributed by atoms with Gasteiger partial charge in [0.2, 0.25) is 0 Å². The fourth-order valence-electron chi connectivity index (χ4n) is 3.34. The van der Waals surface area contributed by atoms with Crippen molar-refractivity contribution in [2.45, 2.75) is 6.54 Å². The highest BCUT2D eigenvalue weighted by Crippen LogP contribution is 2.31. The highest BCUT2D eigenvalue weighted by Gasteiger charge is 2.20. The maximum Gasteiger partial charge on any atom is 0.252 e. The quantitative estimate of drug-likeness (QED) is 0.637. The fraction of sp³-hybridized carbons (Fsp3) is 0.167. The summed E-state index contributed by atoms with van der Waals surface area (Å²) >= 11 is 0. The van der Waals surface area contributed by atoms with Gasteiger partial charge in [0.25, 0.3) is 5.91 Å². The number of ether oxygens (including phenoxy) is 3. The molecule has 0 atom stereocenters. The molecule has 6 nitrogen and oxygen atoms in total. The number of nitrogens with one attached hydrogen (secondary N) is 1. The first-order valence-corrected chi connectivity index (χ1v) is 9.61. The van der Waals surface area contributed by atoms with Crippen LogP contribution in [-0.2, 0) is 6.54 Å². The molecule has 4 rings (SSSR count). The van der Waals surface area contributed by atoms with E-state index >= 15 is 0 Å². The van der Waals surface area contributed by atoms with E-state index in [0.717, 1.165) is 5.56 Å². The van der Waals surface area contributed by atoms with Crippen molar-refractivity contribution in [2.24, 2.45) is 0 Å². The summed E-state index contributed by atoms with van der Waals surface area (Å²) in [6, 6.07) is 19.3. The average Bonchev–Trinajstić information content (AvgIpc) is 2.82. The first kappa shape index (κ1) is 19.5. The van der Waals surface area contributed by atoms with Gasteiger partial charge in [0.1, 0.15) is 19.0 Å². The maximum atomic E-state index is 13.1. The molecule has 0 aromatic heterocycles. The van der Waals surface area contributed by atoms with Crippen LogP contribution < -0.4 is 19.5 Å². The highest BCUT2D eigenvalue weighted by molar-refractivity contribution is 6.15. The third-order valence-corrected chi connectivity index (χ3v) is 4.85. The maximum absolute atomic E-state index is 13.1. The number of rotatable bonds is 6. The lowest BCUT2D eigenvalue weighted by Gasteiger charge is -2.18. The van der Waals surface area contributed by atoms with Crippen LogP contribution in [0.3, 0.4) is 0 Å². The van der Waals surface area contributed by atoms with Gasteiger partial charge in [-0.25, -0.2) is 0 Å². The largest absolute Gasteiger partial charge is 0.496 e. The van der Waals surface area contributed by atoms with Gasteiger partial charge in [0, 0.05) is 23.2 Å². The molecular weight excluding hydrogens is 382 g/mol. The van der Waals surface area contributed by atoms with Crippen LogP contribution in [-0.4, -0.2) is 32.0 Å². The highest BCUT2D eigenvalue weighted by atomic mass is 16.6. The molecule has 1 heterocycles. The lowest BCUT2D eigenvalue weighted by molar-refractivity contribution is 0.0939. The van der Waals surface area contributed by atoms with Crippen LogP contribution in [0, 0.1) is 0 Å². The summed E-state index contributed by atoms with van der Waals surface area (Å²) in [7, 11) is 1.59. The third kappa shape index (κ3) is 3.98. The Morgan fingerprint density at radius 2 is 1.60 bits per heavy atom. The number of carbonyl (C=O) groups is 2. The van der Waals surface area contributed by atoms with Crippen LogP contribution in [0.1, 0.15) is 31.8 Å². The Balaban J connectivity index is 1.56. The van der Waals surface area contributed by atoms with Crippen molar-refractivity contribution in [1.29, 1.82) is 0 Å². The molecule has 0 fully saturated rings. The van der Waals surface area contributed by atoms with Gasteiger partial charge in [-0.15, -0.1) is 0 Å². The summed E-state index contributed by atoms with van der Waals surface area (Å²) in [5.74, 6) is 1.25. The number of ketones is 1. The Morgan fingerprint density at radius 1 is 0.900 bits per heavy atom. The summed E-state index contributed by atoms with van der Waals surface area (Å²) in [6.07, 6.45) is 0. The standard InChI is InChI=1S/C24H21NO5/c1-28-20-9-5-2-6-17(20)15-25-24(27)19-8-4-3-7-18(19)23(26)16-10-11-21-22(14-16)30-13-12-29-21/h2-11,14H,12-13,15H2,1H3,(H,25,27). The van der Waals surface area contributed by atoms with E-state index in [-0.39, 0.29) is 18.2 Å².